The first-order valence-corrected chi connectivity index (χ1v) is 5.84. The molecule has 0 nitrogen and oxygen atoms in total. The molecule has 0 bridgehead atoms. The summed E-state index contributed by atoms with van der Waals surface area (Å²) in [6.07, 6.45) is 0.989. The summed E-state index contributed by atoms with van der Waals surface area (Å²) in [7, 11) is 0. The zero-order valence-corrected chi connectivity index (χ0v) is 10.3. The van der Waals surface area contributed by atoms with E-state index >= 15 is 0 Å². The maximum Gasteiger partial charge on any atom is 0.0239 e. The quantitative estimate of drug-likeness (QED) is 0.754. The van der Waals surface area contributed by atoms with Crippen molar-refractivity contribution in [1.82, 2.24) is 0 Å². The van der Waals surface area contributed by atoms with Crippen molar-refractivity contribution in [2.24, 2.45) is 0 Å². The molecule has 2 rings (SSSR count). The Hall–Kier alpha value is -1.08. The Morgan fingerprint density at radius 2 is 1.67 bits per heavy atom. The van der Waals surface area contributed by atoms with Crippen molar-refractivity contribution in [3.05, 3.63) is 69.7 Å². The number of hydrogen-bond acceptors (Lipinski definition) is 0. The van der Waals surface area contributed by atoms with Crippen LogP contribution in [0.15, 0.2) is 53.0 Å². The predicted octanol–water partition coefficient (Wildman–Crippen LogP) is 4.35. The highest BCUT2D eigenvalue weighted by atomic mass is 79.9. The van der Waals surface area contributed by atoms with Crippen LogP contribution in [0.5, 0.6) is 0 Å². The number of halogens is 1. The second-order valence-electron chi connectivity index (χ2n) is 3.71. The van der Waals surface area contributed by atoms with E-state index in [2.05, 4.69) is 71.4 Å². The summed E-state index contributed by atoms with van der Waals surface area (Å²) < 4.78 is 1.23. The van der Waals surface area contributed by atoms with Gasteiger partial charge in [-0.15, -0.1) is 0 Å². The van der Waals surface area contributed by atoms with Gasteiger partial charge in [0, 0.05) is 4.47 Å². The first-order chi connectivity index (χ1) is 7.27. The van der Waals surface area contributed by atoms with Crippen LogP contribution in [0, 0.1) is 6.92 Å². The highest BCUT2D eigenvalue weighted by Gasteiger charge is 2.02. The fourth-order valence-electron chi connectivity index (χ4n) is 1.66. The Kier molecular flexibility index (Phi) is 3.22. The number of hydrogen-bond donors (Lipinski definition) is 0. The van der Waals surface area contributed by atoms with E-state index in [0.29, 0.717) is 0 Å². The third-order valence-electron chi connectivity index (χ3n) is 2.51. The van der Waals surface area contributed by atoms with Crippen molar-refractivity contribution < 1.29 is 0 Å². The monoisotopic (exact) mass is 260 g/mol. The summed E-state index contributed by atoms with van der Waals surface area (Å²) in [5.41, 5.74) is 3.99. The van der Waals surface area contributed by atoms with Gasteiger partial charge < -0.3 is 0 Å². The molecule has 0 aromatic heterocycles. The van der Waals surface area contributed by atoms with Crippen molar-refractivity contribution in [3.8, 4) is 0 Å². The summed E-state index contributed by atoms with van der Waals surface area (Å²) >= 11 is 3.64. The standard InChI is InChI=1S/C14H13Br/c1-11-6-5-9-13(14(11)15)10-12-7-3-2-4-8-12/h2-9H,10H2,1H3. The van der Waals surface area contributed by atoms with E-state index in [9.17, 15) is 0 Å². The minimum Gasteiger partial charge on any atom is -0.0622 e. The SMILES string of the molecule is Cc1cccc(Cc2ccccc2)c1Br. The van der Waals surface area contributed by atoms with Gasteiger partial charge in [-0.05, 0) is 30.0 Å². The molecular formula is C14H13Br. The molecule has 0 spiro atoms. The molecule has 2 aromatic carbocycles. The van der Waals surface area contributed by atoms with Crippen molar-refractivity contribution in [3.63, 3.8) is 0 Å². The smallest absolute Gasteiger partial charge is 0.0239 e. The third-order valence-corrected chi connectivity index (χ3v) is 3.64. The van der Waals surface area contributed by atoms with Gasteiger partial charge in [-0.25, -0.2) is 0 Å². The van der Waals surface area contributed by atoms with Crippen LogP contribution in [0.1, 0.15) is 16.7 Å². The topological polar surface area (TPSA) is 0 Å². The lowest BCUT2D eigenvalue weighted by Crippen LogP contribution is -1.90. The van der Waals surface area contributed by atoms with Gasteiger partial charge in [0.1, 0.15) is 0 Å². The molecule has 0 radical (unpaired) electrons. The van der Waals surface area contributed by atoms with Gasteiger partial charge in [0.05, 0.1) is 0 Å². The highest BCUT2D eigenvalue weighted by molar-refractivity contribution is 9.10. The molecule has 0 saturated heterocycles. The van der Waals surface area contributed by atoms with Gasteiger partial charge in [0.2, 0.25) is 0 Å². The van der Waals surface area contributed by atoms with Gasteiger partial charge in [-0.3, -0.25) is 0 Å². The van der Waals surface area contributed by atoms with Crippen molar-refractivity contribution >= 4 is 15.9 Å². The van der Waals surface area contributed by atoms with Crippen molar-refractivity contribution in [1.29, 1.82) is 0 Å². The molecule has 0 aliphatic rings. The lowest BCUT2D eigenvalue weighted by atomic mass is 10.0. The summed E-state index contributed by atoms with van der Waals surface area (Å²) in [5.74, 6) is 0. The maximum atomic E-state index is 3.64. The van der Waals surface area contributed by atoms with Crippen LogP contribution in [0.25, 0.3) is 0 Å². The highest BCUT2D eigenvalue weighted by Crippen LogP contribution is 2.23. The molecule has 0 heterocycles. The van der Waals surface area contributed by atoms with E-state index in [1.54, 1.807) is 0 Å². The predicted molar refractivity (Wildman–Crippen MR) is 68.1 cm³/mol. The second-order valence-corrected chi connectivity index (χ2v) is 4.50. The molecular weight excluding hydrogens is 248 g/mol. The van der Waals surface area contributed by atoms with Crippen molar-refractivity contribution in [2.75, 3.05) is 0 Å². The molecule has 0 amide bonds. The molecule has 0 aliphatic heterocycles. The fourth-order valence-corrected chi connectivity index (χ4v) is 2.07. The largest absolute Gasteiger partial charge is 0.0622 e. The molecule has 15 heavy (non-hydrogen) atoms. The van der Waals surface area contributed by atoms with Crippen LogP contribution < -0.4 is 0 Å². The minimum absolute atomic E-state index is 0.989. The Morgan fingerprint density at radius 3 is 2.40 bits per heavy atom. The van der Waals surface area contributed by atoms with Crippen LogP contribution in [-0.4, -0.2) is 0 Å². The lowest BCUT2D eigenvalue weighted by Gasteiger charge is -2.06. The average molecular weight is 261 g/mol. The van der Waals surface area contributed by atoms with E-state index in [1.807, 2.05) is 0 Å². The van der Waals surface area contributed by atoms with Crippen LogP contribution in [0.2, 0.25) is 0 Å². The first kappa shape index (κ1) is 10.4. The number of aryl methyl sites for hydroxylation is 1. The Morgan fingerprint density at radius 1 is 0.933 bits per heavy atom. The molecule has 0 N–H and O–H groups in total. The normalized spacial score (nSPS) is 10.3. The summed E-state index contributed by atoms with van der Waals surface area (Å²) in [6.45, 7) is 2.12. The maximum absolute atomic E-state index is 3.64. The van der Waals surface area contributed by atoms with Crippen LogP contribution in [0.4, 0.5) is 0 Å². The van der Waals surface area contributed by atoms with Crippen molar-refractivity contribution in [2.45, 2.75) is 13.3 Å². The van der Waals surface area contributed by atoms with E-state index in [0.717, 1.165) is 6.42 Å². The minimum atomic E-state index is 0.989. The van der Waals surface area contributed by atoms with Crippen LogP contribution in [-0.2, 0) is 6.42 Å². The molecule has 0 fully saturated rings. The van der Waals surface area contributed by atoms with Crippen LogP contribution in [0.3, 0.4) is 0 Å². The molecule has 0 saturated carbocycles. The second kappa shape index (κ2) is 4.63. The Bertz CT molecular complexity index is 446. The summed E-state index contributed by atoms with van der Waals surface area (Å²) in [6, 6.07) is 16.9. The van der Waals surface area contributed by atoms with E-state index < -0.39 is 0 Å². The molecule has 1 heteroatoms. The zero-order chi connectivity index (χ0) is 10.7. The average Bonchev–Trinajstić information content (AvgIpc) is 2.26. The molecule has 0 aliphatic carbocycles. The van der Waals surface area contributed by atoms with Crippen LogP contribution >= 0.6 is 15.9 Å². The Balaban J connectivity index is 2.29. The molecule has 0 atom stereocenters. The van der Waals surface area contributed by atoms with E-state index in [4.69, 9.17) is 0 Å². The number of rotatable bonds is 2. The van der Waals surface area contributed by atoms with E-state index in [-0.39, 0.29) is 0 Å². The third kappa shape index (κ3) is 2.48. The summed E-state index contributed by atoms with van der Waals surface area (Å²) in [4.78, 5) is 0. The molecule has 0 unspecified atom stereocenters. The van der Waals surface area contributed by atoms with Gasteiger partial charge in [0.25, 0.3) is 0 Å². The van der Waals surface area contributed by atoms with Gasteiger partial charge in [-0.1, -0.05) is 64.5 Å². The van der Waals surface area contributed by atoms with E-state index in [1.165, 1.54) is 21.2 Å². The molecule has 76 valence electrons. The van der Waals surface area contributed by atoms with Gasteiger partial charge in [0.15, 0.2) is 0 Å². The zero-order valence-electron chi connectivity index (χ0n) is 8.70. The fraction of sp³-hybridized carbons (Fsp3) is 0.143. The number of benzene rings is 2. The molecule has 2 aromatic rings. The van der Waals surface area contributed by atoms with Gasteiger partial charge in [-0.2, -0.15) is 0 Å². The summed E-state index contributed by atoms with van der Waals surface area (Å²) in [5, 5.41) is 0. The van der Waals surface area contributed by atoms with Gasteiger partial charge >= 0.3 is 0 Å². The first-order valence-electron chi connectivity index (χ1n) is 5.05. The lowest BCUT2D eigenvalue weighted by molar-refractivity contribution is 1.16. The Labute approximate surface area is 99.1 Å².